The van der Waals surface area contributed by atoms with Gasteiger partial charge in [0.1, 0.15) is 17.5 Å². The van der Waals surface area contributed by atoms with Crippen LogP contribution in [-0.2, 0) is 4.79 Å². The van der Waals surface area contributed by atoms with Gasteiger partial charge in [0.15, 0.2) is 0 Å². The molecule has 1 saturated heterocycles. The van der Waals surface area contributed by atoms with E-state index in [1.165, 1.54) is 12.8 Å². The lowest BCUT2D eigenvalue weighted by Crippen LogP contribution is -2.35. The van der Waals surface area contributed by atoms with Gasteiger partial charge in [0.05, 0.1) is 0 Å². The Kier molecular flexibility index (Phi) is 3.94. The maximum absolute atomic E-state index is 11.2. The minimum atomic E-state index is 0.0385. The van der Waals surface area contributed by atoms with Crippen molar-refractivity contribution >= 4 is 17.5 Å². The highest BCUT2D eigenvalue weighted by atomic mass is 16.1. The molecule has 21 heavy (non-hydrogen) atoms. The standard InChI is InChI=1S/C15H23N5O/c1-3-16-13-8-14(19-15(18-13)11-4-5-11)20-7-6-12(9-20)17-10(2)21/h8,11-12H,3-7,9H2,1-2H3,(H,17,21)(H,16,18,19). The fraction of sp³-hybridized carbons (Fsp3) is 0.667. The van der Waals surface area contributed by atoms with Crippen molar-refractivity contribution in [2.24, 2.45) is 0 Å². The van der Waals surface area contributed by atoms with Crippen LogP contribution < -0.4 is 15.5 Å². The first-order valence-corrected chi connectivity index (χ1v) is 7.80. The molecule has 2 heterocycles. The molecule has 2 aliphatic rings. The summed E-state index contributed by atoms with van der Waals surface area (Å²) in [5.41, 5.74) is 0. The van der Waals surface area contributed by atoms with Gasteiger partial charge >= 0.3 is 0 Å². The van der Waals surface area contributed by atoms with Crippen LogP contribution >= 0.6 is 0 Å². The highest BCUT2D eigenvalue weighted by Gasteiger charge is 2.29. The Labute approximate surface area is 125 Å². The zero-order valence-corrected chi connectivity index (χ0v) is 12.7. The van der Waals surface area contributed by atoms with Gasteiger partial charge < -0.3 is 15.5 Å². The number of amides is 1. The number of hydrogen-bond donors (Lipinski definition) is 2. The van der Waals surface area contributed by atoms with Gasteiger partial charge in [-0.15, -0.1) is 0 Å². The topological polar surface area (TPSA) is 70.2 Å². The monoisotopic (exact) mass is 289 g/mol. The van der Waals surface area contributed by atoms with Crippen molar-refractivity contribution in [3.8, 4) is 0 Å². The first kappa shape index (κ1) is 14.1. The average molecular weight is 289 g/mol. The molecule has 1 aliphatic heterocycles. The van der Waals surface area contributed by atoms with Crippen LogP contribution in [0.25, 0.3) is 0 Å². The Morgan fingerprint density at radius 2 is 2.19 bits per heavy atom. The third-order valence-electron chi connectivity index (χ3n) is 3.95. The van der Waals surface area contributed by atoms with E-state index in [-0.39, 0.29) is 11.9 Å². The lowest BCUT2D eigenvalue weighted by molar-refractivity contribution is -0.119. The predicted molar refractivity (Wildman–Crippen MR) is 82.6 cm³/mol. The van der Waals surface area contributed by atoms with Crippen molar-refractivity contribution in [3.05, 3.63) is 11.9 Å². The molecular weight excluding hydrogens is 266 g/mol. The van der Waals surface area contributed by atoms with Gasteiger partial charge in [-0.25, -0.2) is 9.97 Å². The van der Waals surface area contributed by atoms with Crippen LogP contribution in [0.5, 0.6) is 0 Å². The van der Waals surface area contributed by atoms with Gasteiger partial charge in [0, 0.05) is 44.6 Å². The number of nitrogens with one attached hydrogen (secondary N) is 2. The minimum absolute atomic E-state index is 0.0385. The van der Waals surface area contributed by atoms with E-state index in [1.807, 2.05) is 6.07 Å². The first-order valence-electron chi connectivity index (χ1n) is 7.80. The van der Waals surface area contributed by atoms with Gasteiger partial charge in [0.25, 0.3) is 0 Å². The molecule has 0 aromatic carbocycles. The third kappa shape index (κ3) is 3.43. The number of carbonyl (C=O) groups excluding carboxylic acids is 1. The fourth-order valence-corrected chi connectivity index (χ4v) is 2.78. The molecule has 1 aliphatic carbocycles. The van der Waals surface area contributed by atoms with E-state index < -0.39 is 0 Å². The van der Waals surface area contributed by atoms with Gasteiger partial charge in [-0.05, 0) is 26.2 Å². The number of aromatic nitrogens is 2. The van der Waals surface area contributed by atoms with Gasteiger partial charge in [-0.2, -0.15) is 0 Å². The summed E-state index contributed by atoms with van der Waals surface area (Å²) in [4.78, 5) is 22.8. The van der Waals surface area contributed by atoms with Crippen molar-refractivity contribution in [3.63, 3.8) is 0 Å². The molecule has 1 saturated carbocycles. The van der Waals surface area contributed by atoms with E-state index in [0.717, 1.165) is 43.5 Å². The van der Waals surface area contributed by atoms with Crippen LogP contribution in [0.1, 0.15) is 44.9 Å². The normalized spacial score (nSPS) is 21.4. The second-order valence-corrected chi connectivity index (χ2v) is 5.91. The zero-order chi connectivity index (χ0) is 14.8. The van der Waals surface area contributed by atoms with Crippen molar-refractivity contribution in [1.29, 1.82) is 0 Å². The molecular formula is C15H23N5O. The Bertz CT molecular complexity index is 529. The summed E-state index contributed by atoms with van der Waals surface area (Å²) in [5.74, 6) is 3.43. The van der Waals surface area contributed by atoms with Crippen LogP contribution in [0.15, 0.2) is 6.07 Å². The highest BCUT2D eigenvalue weighted by Crippen LogP contribution is 2.39. The summed E-state index contributed by atoms with van der Waals surface area (Å²) in [6, 6.07) is 2.25. The second kappa shape index (κ2) is 5.87. The quantitative estimate of drug-likeness (QED) is 0.859. The number of hydrogen-bond acceptors (Lipinski definition) is 5. The SMILES string of the molecule is CCNc1cc(N2CCC(NC(C)=O)C2)nc(C2CC2)n1. The molecule has 0 bridgehead atoms. The van der Waals surface area contributed by atoms with Crippen molar-refractivity contribution in [1.82, 2.24) is 15.3 Å². The number of anilines is 2. The molecule has 0 radical (unpaired) electrons. The molecule has 6 heteroatoms. The molecule has 1 atom stereocenters. The number of carbonyl (C=O) groups is 1. The van der Waals surface area contributed by atoms with E-state index in [2.05, 4.69) is 27.4 Å². The predicted octanol–water partition coefficient (Wildman–Crippen LogP) is 1.50. The zero-order valence-electron chi connectivity index (χ0n) is 12.7. The van der Waals surface area contributed by atoms with Crippen molar-refractivity contribution in [2.75, 3.05) is 29.9 Å². The van der Waals surface area contributed by atoms with E-state index in [4.69, 9.17) is 4.98 Å². The number of nitrogens with zero attached hydrogens (tertiary/aromatic N) is 3. The van der Waals surface area contributed by atoms with Crippen LogP contribution in [0.2, 0.25) is 0 Å². The smallest absolute Gasteiger partial charge is 0.217 e. The van der Waals surface area contributed by atoms with Crippen molar-refractivity contribution < 1.29 is 4.79 Å². The summed E-state index contributed by atoms with van der Waals surface area (Å²) in [5, 5.41) is 6.28. The van der Waals surface area contributed by atoms with E-state index in [1.54, 1.807) is 6.92 Å². The molecule has 1 aromatic heterocycles. The second-order valence-electron chi connectivity index (χ2n) is 5.91. The molecule has 3 rings (SSSR count). The molecule has 1 unspecified atom stereocenters. The molecule has 1 aromatic rings. The summed E-state index contributed by atoms with van der Waals surface area (Å²) in [7, 11) is 0. The summed E-state index contributed by atoms with van der Waals surface area (Å²) in [6.45, 7) is 6.25. The van der Waals surface area contributed by atoms with Crippen LogP contribution in [-0.4, -0.2) is 41.6 Å². The van der Waals surface area contributed by atoms with Gasteiger partial charge in [0.2, 0.25) is 5.91 Å². The summed E-state index contributed by atoms with van der Waals surface area (Å²) in [6.07, 6.45) is 3.37. The van der Waals surface area contributed by atoms with E-state index in [0.29, 0.717) is 5.92 Å². The largest absolute Gasteiger partial charge is 0.370 e. The lowest BCUT2D eigenvalue weighted by Gasteiger charge is -2.19. The van der Waals surface area contributed by atoms with Crippen LogP contribution in [0.3, 0.4) is 0 Å². The minimum Gasteiger partial charge on any atom is -0.370 e. The van der Waals surface area contributed by atoms with E-state index in [9.17, 15) is 4.79 Å². The van der Waals surface area contributed by atoms with Gasteiger partial charge in [-0.1, -0.05) is 0 Å². The molecule has 2 fully saturated rings. The van der Waals surface area contributed by atoms with Crippen molar-refractivity contribution in [2.45, 2.75) is 45.1 Å². The maximum Gasteiger partial charge on any atom is 0.217 e. The van der Waals surface area contributed by atoms with Gasteiger partial charge in [-0.3, -0.25) is 4.79 Å². The molecule has 0 spiro atoms. The maximum atomic E-state index is 11.2. The van der Waals surface area contributed by atoms with Crippen LogP contribution in [0, 0.1) is 0 Å². The van der Waals surface area contributed by atoms with Crippen LogP contribution in [0.4, 0.5) is 11.6 Å². The Hall–Kier alpha value is -1.85. The fourth-order valence-electron chi connectivity index (χ4n) is 2.78. The molecule has 1 amide bonds. The molecule has 2 N–H and O–H groups in total. The Morgan fingerprint density at radius 1 is 1.38 bits per heavy atom. The summed E-state index contributed by atoms with van der Waals surface area (Å²) < 4.78 is 0. The van der Waals surface area contributed by atoms with E-state index >= 15 is 0 Å². The lowest BCUT2D eigenvalue weighted by atomic mass is 10.2. The highest BCUT2D eigenvalue weighted by molar-refractivity contribution is 5.73. The summed E-state index contributed by atoms with van der Waals surface area (Å²) >= 11 is 0. The average Bonchev–Trinajstić information content (AvgIpc) is 3.19. The number of rotatable bonds is 5. The third-order valence-corrected chi connectivity index (χ3v) is 3.95. The molecule has 114 valence electrons. The Balaban J connectivity index is 1.76. The first-order chi connectivity index (χ1) is 10.2. The molecule has 6 nitrogen and oxygen atoms in total. The Morgan fingerprint density at radius 3 is 2.86 bits per heavy atom.